The van der Waals surface area contributed by atoms with Crippen molar-refractivity contribution >= 4 is 21.4 Å². The summed E-state index contributed by atoms with van der Waals surface area (Å²) in [6, 6.07) is 6.77. The Kier molecular flexibility index (Phi) is 4.98. The summed E-state index contributed by atoms with van der Waals surface area (Å²) < 4.78 is 55.4. The van der Waals surface area contributed by atoms with Gasteiger partial charge in [-0.1, -0.05) is 6.07 Å². The summed E-state index contributed by atoms with van der Waals surface area (Å²) in [5.41, 5.74) is 0.979. The molecule has 0 aliphatic carbocycles. The summed E-state index contributed by atoms with van der Waals surface area (Å²) in [7, 11) is -2.41. The first-order chi connectivity index (χ1) is 11.9. The predicted molar refractivity (Wildman–Crippen MR) is 91.8 cm³/mol. The van der Waals surface area contributed by atoms with E-state index < -0.39 is 26.6 Å². The molecule has 1 aromatic carbocycles. The van der Waals surface area contributed by atoms with Gasteiger partial charge in [0, 0.05) is 35.1 Å². The maximum Gasteiger partial charge on any atom is 0.246 e. The van der Waals surface area contributed by atoms with Crippen molar-refractivity contribution in [2.75, 3.05) is 6.54 Å². The van der Waals surface area contributed by atoms with E-state index in [-0.39, 0.29) is 6.54 Å². The Balaban J connectivity index is 1.66. The molecule has 1 N–H and O–H groups in total. The highest BCUT2D eigenvalue weighted by Crippen LogP contribution is 2.27. The molecule has 0 spiro atoms. The minimum atomic E-state index is -4.24. The van der Waals surface area contributed by atoms with Crippen LogP contribution in [-0.4, -0.2) is 24.7 Å². The van der Waals surface area contributed by atoms with Gasteiger partial charge < -0.3 is 0 Å². The van der Waals surface area contributed by atoms with Crippen LogP contribution in [0.15, 0.2) is 47.6 Å². The van der Waals surface area contributed by atoms with E-state index in [2.05, 4.69) is 9.82 Å². The predicted octanol–water partition coefficient (Wildman–Crippen LogP) is 2.95. The van der Waals surface area contributed by atoms with Crippen LogP contribution in [0.25, 0.3) is 10.4 Å². The van der Waals surface area contributed by atoms with Crippen molar-refractivity contribution in [2.45, 2.75) is 11.3 Å². The quantitative estimate of drug-likeness (QED) is 0.712. The van der Waals surface area contributed by atoms with Crippen LogP contribution >= 0.6 is 11.3 Å². The van der Waals surface area contributed by atoms with Crippen LogP contribution in [-0.2, 0) is 23.5 Å². The molecule has 2 heterocycles. The van der Waals surface area contributed by atoms with Gasteiger partial charge in [-0.3, -0.25) is 4.68 Å². The fourth-order valence-electron chi connectivity index (χ4n) is 2.34. The Morgan fingerprint density at radius 3 is 2.56 bits per heavy atom. The molecule has 0 amide bonds. The van der Waals surface area contributed by atoms with E-state index in [4.69, 9.17) is 0 Å². The molecule has 5 nitrogen and oxygen atoms in total. The molecule has 0 saturated heterocycles. The third-order valence-corrected chi connectivity index (χ3v) is 6.21. The number of benzene rings is 1. The molecule has 0 unspecified atom stereocenters. The van der Waals surface area contributed by atoms with E-state index >= 15 is 0 Å². The SMILES string of the molecule is Cn1cc(-c2ccc(CCNS(=O)(=O)c3c(F)cccc3F)s2)cn1. The van der Waals surface area contributed by atoms with Gasteiger partial charge in [-0.15, -0.1) is 11.3 Å². The molecule has 0 radical (unpaired) electrons. The average molecular weight is 383 g/mol. The molecule has 0 atom stereocenters. The summed E-state index contributed by atoms with van der Waals surface area (Å²) in [5, 5.41) is 4.11. The van der Waals surface area contributed by atoms with E-state index in [0.717, 1.165) is 33.5 Å². The summed E-state index contributed by atoms with van der Waals surface area (Å²) in [5.74, 6) is -2.22. The molecule has 0 aliphatic heterocycles. The number of hydrogen-bond donors (Lipinski definition) is 1. The van der Waals surface area contributed by atoms with Gasteiger partial charge in [0.05, 0.1) is 6.20 Å². The van der Waals surface area contributed by atoms with Gasteiger partial charge in [0.25, 0.3) is 0 Å². The van der Waals surface area contributed by atoms with Gasteiger partial charge in [0.2, 0.25) is 10.0 Å². The summed E-state index contributed by atoms with van der Waals surface area (Å²) in [6.07, 6.45) is 4.05. The second kappa shape index (κ2) is 7.03. The lowest BCUT2D eigenvalue weighted by atomic mass is 10.3. The molecular formula is C16H15F2N3O2S2. The minimum absolute atomic E-state index is 0.0447. The van der Waals surface area contributed by atoms with Gasteiger partial charge in [-0.05, 0) is 30.7 Å². The van der Waals surface area contributed by atoms with Crippen molar-refractivity contribution in [3.63, 3.8) is 0 Å². The van der Waals surface area contributed by atoms with E-state index in [1.54, 1.807) is 10.9 Å². The number of rotatable bonds is 6. The average Bonchev–Trinajstić information content (AvgIpc) is 3.15. The van der Waals surface area contributed by atoms with E-state index in [1.807, 2.05) is 25.4 Å². The van der Waals surface area contributed by atoms with Gasteiger partial charge in [-0.2, -0.15) is 5.10 Å². The van der Waals surface area contributed by atoms with Crippen molar-refractivity contribution in [2.24, 2.45) is 7.05 Å². The zero-order chi connectivity index (χ0) is 18.0. The molecular weight excluding hydrogens is 368 g/mol. The van der Waals surface area contributed by atoms with E-state index in [0.29, 0.717) is 6.42 Å². The summed E-state index contributed by atoms with van der Waals surface area (Å²) in [6.45, 7) is 0.0447. The van der Waals surface area contributed by atoms with Gasteiger partial charge in [0.1, 0.15) is 11.6 Å². The second-order valence-electron chi connectivity index (χ2n) is 5.37. The number of thiophene rings is 1. The van der Waals surface area contributed by atoms with Gasteiger partial charge in [0.15, 0.2) is 4.90 Å². The molecule has 0 saturated carbocycles. The first-order valence-electron chi connectivity index (χ1n) is 7.38. The lowest BCUT2D eigenvalue weighted by Gasteiger charge is -2.08. The third-order valence-electron chi connectivity index (χ3n) is 3.50. The first kappa shape index (κ1) is 17.7. The number of hydrogen-bond acceptors (Lipinski definition) is 4. The Hall–Kier alpha value is -2.10. The highest BCUT2D eigenvalue weighted by atomic mass is 32.2. The van der Waals surface area contributed by atoms with Crippen LogP contribution < -0.4 is 4.72 Å². The maximum atomic E-state index is 13.6. The molecule has 0 fully saturated rings. The van der Waals surface area contributed by atoms with Crippen molar-refractivity contribution in [1.29, 1.82) is 0 Å². The first-order valence-corrected chi connectivity index (χ1v) is 9.68. The standard InChI is InChI=1S/C16H15F2N3O2S2/c1-21-10-11(9-19-21)15-6-5-12(24-15)7-8-20-25(22,23)16-13(17)3-2-4-14(16)18/h2-6,9-10,20H,7-8H2,1H3. The monoisotopic (exact) mass is 383 g/mol. The lowest BCUT2D eigenvalue weighted by molar-refractivity contribution is 0.514. The number of aryl methyl sites for hydroxylation is 1. The minimum Gasteiger partial charge on any atom is -0.275 e. The van der Waals surface area contributed by atoms with Crippen molar-refractivity contribution in [3.05, 3.63) is 59.2 Å². The number of nitrogens with zero attached hydrogens (tertiary/aromatic N) is 2. The van der Waals surface area contributed by atoms with Crippen LogP contribution in [0.5, 0.6) is 0 Å². The van der Waals surface area contributed by atoms with Crippen LogP contribution in [0, 0.1) is 11.6 Å². The highest BCUT2D eigenvalue weighted by molar-refractivity contribution is 7.89. The second-order valence-corrected chi connectivity index (χ2v) is 8.24. The Bertz CT molecular complexity index is 976. The number of nitrogens with one attached hydrogen (secondary N) is 1. The van der Waals surface area contributed by atoms with Crippen molar-refractivity contribution < 1.29 is 17.2 Å². The number of aromatic nitrogens is 2. The summed E-state index contributed by atoms with van der Waals surface area (Å²) >= 11 is 1.52. The Morgan fingerprint density at radius 1 is 1.20 bits per heavy atom. The molecule has 0 bridgehead atoms. The summed E-state index contributed by atoms with van der Waals surface area (Å²) in [4.78, 5) is 1.03. The zero-order valence-corrected chi connectivity index (χ0v) is 14.9. The molecule has 25 heavy (non-hydrogen) atoms. The van der Waals surface area contributed by atoms with Crippen LogP contribution in [0.1, 0.15) is 4.88 Å². The largest absolute Gasteiger partial charge is 0.275 e. The Morgan fingerprint density at radius 2 is 1.92 bits per heavy atom. The van der Waals surface area contributed by atoms with Crippen LogP contribution in [0.4, 0.5) is 8.78 Å². The number of sulfonamides is 1. The topological polar surface area (TPSA) is 64.0 Å². The van der Waals surface area contributed by atoms with Crippen molar-refractivity contribution in [1.82, 2.24) is 14.5 Å². The lowest BCUT2D eigenvalue weighted by Crippen LogP contribution is -2.27. The third kappa shape index (κ3) is 3.94. The van der Waals surface area contributed by atoms with Crippen molar-refractivity contribution in [3.8, 4) is 10.4 Å². The van der Waals surface area contributed by atoms with E-state index in [1.165, 1.54) is 11.3 Å². The van der Waals surface area contributed by atoms with Crippen LogP contribution in [0.3, 0.4) is 0 Å². The molecule has 9 heteroatoms. The van der Waals surface area contributed by atoms with Crippen LogP contribution in [0.2, 0.25) is 0 Å². The molecule has 3 rings (SSSR count). The zero-order valence-electron chi connectivity index (χ0n) is 13.2. The molecule has 3 aromatic rings. The number of halogens is 2. The Labute approximate surface area is 148 Å². The van der Waals surface area contributed by atoms with E-state index in [9.17, 15) is 17.2 Å². The molecule has 132 valence electrons. The highest BCUT2D eigenvalue weighted by Gasteiger charge is 2.23. The molecule has 2 aromatic heterocycles. The van der Waals surface area contributed by atoms with Gasteiger partial charge >= 0.3 is 0 Å². The van der Waals surface area contributed by atoms with Gasteiger partial charge in [-0.25, -0.2) is 21.9 Å². The normalized spacial score (nSPS) is 11.8. The molecule has 0 aliphatic rings. The fourth-order valence-corrected chi connectivity index (χ4v) is 4.48. The maximum absolute atomic E-state index is 13.6. The fraction of sp³-hybridized carbons (Fsp3) is 0.188. The smallest absolute Gasteiger partial charge is 0.246 e.